The van der Waals surface area contributed by atoms with Crippen molar-refractivity contribution in [1.29, 1.82) is 0 Å². The molecule has 0 aliphatic carbocycles. The van der Waals surface area contributed by atoms with E-state index in [-0.39, 0.29) is 5.97 Å². The summed E-state index contributed by atoms with van der Waals surface area (Å²) >= 11 is 0. The Hall–Kier alpha value is -1.06. The van der Waals surface area contributed by atoms with Crippen LogP contribution in [0.15, 0.2) is 0 Å². The lowest BCUT2D eigenvalue weighted by molar-refractivity contribution is -0.168. The largest absolute Gasteiger partial charge is 0.463 e. The third-order valence-electron chi connectivity index (χ3n) is 2.35. The third kappa shape index (κ3) is 7.77. The van der Waals surface area contributed by atoms with Crippen LogP contribution in [0.25, 0.3) is 0 Å². The third-order valence-corrected chi connectivity index (χ3v) is 2.35. The number of rotatable bonds is 9. The molecule has 4 heteroatoms. The summed E-state index contributed by atoms with van der Waals surface area (Å²) < 4.78 is 10.0. The van der Waals surface area contributed by atoms with Gasteiger partial charge in [0.2, 0.25) is 0 Å². The second kappa shape index (κ2) is 10.1. The van der Waals surface area contributed by atoms with E-state index in [0.717, 1.165) is 25.7 Å². The van der Waals surface area contributed by atoms with E-state index in [2.05, 4.69) is 6.92 Å². The molecule has 1 atom stereocenters. The second-order valence-corrected chi connectivity index (χ2v) is 3.98. The maximum Gasteiger partial charge on any atom is 0.347 e. The Labute approximate surface area is 104 Å². The molecule has 0 saturated carbocycles. The molecule has 0 aromatic carbocycles. The smallest absolute Gasteiger partial charge is 0.347 e. The number of hydrogen-bond acceptors (Lipinski definition) is 4. The predicted octanol–water partition coefficient (Wildman–Crippen LogP) is 2.84. The van der Waals surface area contributed by atoms with Crippen molar-refractivity contribution < 1.29 is 19.1 Å². The van der Waals surface area contributed by atoms with E-state index in [1.54, 1.807) is 6.92 Å². The van der Waals surface area contributed by atoms with Gasteiger partial charge in [0.1, 0.15) is 0 Å². The van der Waals surface area contributed by atoms with Crippen molar-refractivity contribution in [2.45, 2.75) is 65.4 Å². The highest BCUT2D eigenvalue weighted by Crippen LogP contribution is 2.10. The fourth-order valence-corrected chi connectivity index (χ4v) is 1.46. The molecular weight excluding hydrogens is 220 g/mol. The van der Waals surface area contributed by atoms with Gasteiger partial charge < -0.3 is 9.47 Å². The molecule has 0 aliphatic rings. The number of unbranched alkanes of at least 4 members (excludes halogenated alkanes) is 2. The standard InChI is InChI=1S/C13H24O4/c1-4-7-8-10-11(13(15)16-6-3)17-12(14)9-5-2/h11H,4-10H2,1-3H3. The van der Waals surface area contributed by atoms with Crippen molar-refractivity contribution in [3.8, 4) is 0 Å². The van der Waals surface area contributed by atoms with Crippen LogP contribution in [0.2, 0.25) is 0 Å². The van der Waals surface area contributed by atoms with E-state index in [9.17, 15) is 9.59 Å². The molecule has 0 spiro atoms. The van der Waals surface area contributed by atoms with E-state index in [1.807, 2.05) is 6.92 Å². The van der Waals surface area contributed by atoms with Gasteiger partial charge in [0.15, 0.2) is 6.10 Å². The summed E-state index contributed by atoms with van der Waals surface area (Å²) in [5.41, 5.74) is 0. The van der Waals surface area contributed by atoms with Crippen molar-refractivity contribution in [2.24, 2.45) is 0 Å². The van der Waals surface area contributed by atoms with Gasteiger partial charge in [0.05, 0.1) is 6.61 Å². The molecular formula is C13H24O4. The zero-order chi connectivity index (χ0) is 13.1. The Morgan fingerprint density at radius 3 is 2.29 bits per heavy atom. The molecule has 1 unspecified atom stereocenters. The Kier molecular flexibility index (Phi) is 9.49. The first-order valence-corrected chi connectivity index (χ1v) is 6.51. The Balaban J connectivity index is 4.18. The summed E-state index contributed by atoms with van der Waals surface area (Å²) in [7, 11) is 0. The average molecular weight is 244 g/mol. The lowest BCUT2D eigenvalue weighted by atomic mass is 10.1. The fraction of sp³-hybridized carbons (Fsp3) is 0.846. The maximum atomic E-state index is 11.6. The second-order valence-electron chi connectivity index (χ2n) is 3.98. The van der Waals surface area contributed by atoms with Crippen LogP contribution in [0, 0.1) is 0 Å². The van der Waals surface area contributed by atoms with Crippen molar-refractivity contribution in [1.82, 2.24) is 0 Å². The van der Waals surface area contributed by atoms with Crippen LogP contribution in [-0.2, 0) is 19.1 Å². The minimum absolute atomic E-state index is 0.314. The summed E-state index contributed by atoms with van der Waals surface area (Å²) in [6, 6.07) is 0. The molecule has 0 rings (SSSR count). The molecule has 0 heterocycles. The molecule has 4 nitrogen and oxygen atoms in total. The van der Waals surface area contributed by atoms with Gasteiger partial charge in [-0.05, 0) is 26.2 Å². The highest BCUT2D eigenvalue weighted by molar-refractivity contribution is 5.79. The van der Waals surface area contributed by atoms with Gasteiger partial charge in [0.25, 0.3) is 0 Å². The minimum atomic E-state index is -0.722. The predicted molar refractivity (Wildman–Crippen MR) is 65.6 cm³/mol. The van der Waals surface area contributed by atoms with Gasteiger partial charge >= 0.3 is 11.9 Å². The minimum Gasteiger partial charge on any atom is -0.463 e. The van der Waals surface area contributed by atoms with Gasteiger partial charge in [-0.2, -0.15) is 0 Å². The van der Waals surface area contributed by atoms with E-state index < -0.39 is 12.1 Å². The van der Waals surface area contributed by atoms with E-state index in [0.29, 0.717) is 19.4 Å². The van der Waals surface area contributed by atoms with E-state index >= 15 is 0 Å². The topological polar surface area (TPSA) is 52.6 Å². The van der Waals surface area contributed by atoms with Crippen molar-refractivity contribution in [3.63, 3.8) is 0 Å². The SMILES string of the molecule is CCCCCC(OC(=O)CCC)C(=O)OCC. The number of ether oxygens (including phenoxy) is 2. The van der Waals surface area contributed by atoms with Gasteiger partial charge in [0, 0.05) is 6.42 Å². The van der Waals surface area contributed by atoms with Crippen LogP contribution < -0.4 is 0 Å². The lowest BCUT2D eigenvalue weighted by Gasteiger charge is -2.16. The van der Waals surface area contributed by atoms with Crippen LogP contribution in [0.5, 0.6) is 0 Å². The molecule has 0 N–H and O–H groups in total. The monoisotopic (exact) mass is 244 g/mol. The number of carbonyl (C=O) groups is 2. The van der Waals surface area contributed by atoms with Crippen molar-refractivity contribution in [3.05, 3.63) is 0 Å². The molecule has 0 fully saturated rings. The summed E-state index contributed by atoms with van der Waals surface area (Å²) in [5.74, 6) is -0.741. The zero-order valence-corrected chi connectivity index (χ0v) is 11.2. The van der Waals surface area contributed by atoms with Crippen molar-refractivity contribution in [2.75, 3.05) is 6.61 Å². The van der Waals surface area contributed by atoms with Gasteiger partial charge in [-0.15, -0.1) is 0 Å². The van der Waals surface area contributed by atoms with Crippen LogP contribution in [0.3, 0.4) is 0 Å². The van der Waals surface area contributed by atoms with Crippen molar-refractivity contribution >= 4 is 11.9 Å². The zero-order valence-electron chi connectivity index (χ0n) is 11.2. The van der Waals surface area contributed by atoms with Crippen LogP contribution in [0.4, 0.5) is 0 Å². The first-order chi connectivity index (χ1) is 8.15. The van der Waals surface area contributed by atoms with Gasteiger partial charge in [-0.1, -0.05) is 26.7 Å². The lowest BCUT2D eigenvalue weighted by Crippen LogP contribution is -2.29. The first-order valence-electron chi connectivity index (χ1n) is 6.51. The highest BCUT2D eigenvalue weighted by atomic mass is 16.6. The van der Waals surface area contributed by atoms with Crippen LogP contribution in [0.1, 0.15) is 59.3 Å². The number of esters is 2. The van der Waals surface area contributed by atoms with Gasteiger partial charge in [-0.25, -0.2) is 4.79 Å². The van der Waals surface area contributed by atoms with Crippen LogP contribution in [-0.4, -0.2) is 24.6 Å². The summed E-state index contributed by atoms with van der Waals surface area (Å²) in [6.45, 7) is 6.05. The molecule has 0 bridgehead atoms. The normalized spacial score (nSPS) is 11.9. The summed E-state index contributed by atoms with van der Waals surface area (Å²) in [5, 5.41) is 0. The highest BCUT2D eigenvalue weighted by Gasteiger charge is 2.23. The molecule has 17 heavy (non-hydrogen) atoms. The fourth-order valence-electron chi connectivity index (χ4n) is 1.46. The Bertz CT molecular complexity index is 225. The summed E-state index contributed by atoms with van der Waals surface area (Å²) in [6.07, 6.45) is 3.88. The Morgan fingerprint density at radius 2 is 1.76 bits per heavy atom. The first kappa shape index (κ1) is 15.9. The van der Waals surface area contributed by atoms with Gasteiger partial charge in [-0.3, -0.25) is 4.79 Å². The van der Waals surface area contributed by atoms with Crippen LogP contribution >= 0.6 is 0 Å². The maximum absolute atomic E-state index is 11.6. The van der Waals surface area contributed by atoms with E-state index in [4.69, 9.17) is 9.47 Å². The molecule has 0 aromatic heterocycles. The quantitative estimate of drug-likeness (QED) is 0.462. The summed E-state index contributed by atoms with van der Waals surface area (Å²) in [4.78, 5) is 22.9. The number of carbonyl (C=O) groups excluding carboxylic acids is 2. The number of hydrogen-bond donors (Lipinski definition) is 0. The average Bonchev–Trinajstić information content (AvgIpc) is 2.28. The van der Waals surface area contributed by atoms with E-state index in [1.165, 1.54) is 0 Å². The molecule has 0 aromatic rings. The molecule has 0 amide bonds. The Morgan fingerprint density at radius 1 is 1.06 bits per heavy atom. The molecule has 100 valence electrons. The molecule has 0 saturated heterocycles. The molecule has 0 radical (unpaired) electrons. The molecule has 0 aliphatic heterocycles.